The Morgan fingerprint density at radius 2 is 2.10 bits per heavy atom. The minimum atomic E-state index is -0.377. The molecule has 20 heavy (non-hydrogen) atoms. The Morgan fingerprint density at radius 1 is 1.30 bits per heavy atom. The Labute approximate surface area is 115 Å². The van der Waals surface area contributed by atoms with Crippen molar-refractivity contribution in [1.29, 1.82) is 0 Å². The quantitative estimate of drug-likeness (QED) is 0.618. The van der Waals surface area contributed by atoms with Crippen LogP contribution in [0.3, 0.4) is 0 Å². The van der Waals surface area contributed by atoms with Gasteiger partial charge in [0.15, 0.2) is 0 Å². The predicted octanol–water partition coefficient (Wildman–Crippen LogP) is 3.74. The first-order chi connectivity index (χ1) is 9.56. The first-order valence-corrected chi connectivity index (χ1v) is 6.37. The van der Waals surface area contributed by atoms with E-state index >= 15 is 0 Å². The van der Waals surface area contributed by atoms with Crippen molar-refractivity contribution >= 4 is 17.1 Å². The monoisotopic (exact) mass is 272 g/mol. The highest BCUT2D eigenvalue weighted by molar-refractivity contribution is 5.73. The first kappa shape index (κ1) is 12.6. The molecule has 0 aromatic heterocycles. The number of anilines is 2. The Balaban J connectivity index is 2.09. The van der Waals surface area contributed by atoms with Gasteiger partial charge in [0.25, 0.3) is 5.69 Å². The summed E-state index contributed by atoms with van der Waals surface area (Å²) in [6.45, 7) is 2.45. The van der Waals surface area contributed by atoms with Crippen molar-refractivity contribution in [1.82, 2.24) is 0 Å². The molecule has 1 heterocycles. The highest BCUT2D eigenvalue weighted by Gasteiger charge is 2.25. The molecule has 0 N–H and O–H groups in total. The SMILES string of the molecule is Cc1cc2c(cc1[N+](=O)[O-])N(c1cccc(F)c1)CC2. The number of aryl methyl sites for hydroxylation is 1. The normalized spacial score (nSPS) is 13.4. The maximum absolute atomic E-state index is 13.3. The molecule has 4 nitrogen and oxygen atoms in total. The van der Waals surface area contributed by atoms with Gasteiger partial charge in [0.2, 0.25) is 0 Å². The van der Waals surface area contributed by atoms with Crippen LogP contribution in [0.25, 0.3) is 0 Å². The zero-order chi connectivity index (χ0) is 14.3. The van der Waals surface area contributed by atoms with Crippen LogP contribution in [-0.4, -0.2) is 11.5 Å². The highest BCUT2D eigenvalue weighted by Crippen LogP contribution is 2.38. The van der Waals surface area contributed by atoms with Gasteiger partial charge in [-0.25, -0.2) is 4.39 Å². The van der Waals surface area contributed by atoms with E-state index in [-0.39, 0.29) is 16.4 Å². The Bertz CT molecular complexity index is 700. The van der Waals surface area contributed by atoms with Crippen LogP contribution in [0, 0.1) is 22.9 Å². The lowest BCUT2D eigenvalue weighted by molar-refractivity contribution is -0.385. The molecule has 0 saturated heterocycles. The fourth-order valence-corrected chi connectivity index (χ4v) is 2.66. The molecule has 1 aliphatic heterocycles. The zero-order valence-electron chi connectivity index (χ0n) is 11.0. The van der Waals surface area contributed by atoms with Crippen LogP contribution < -0.4 is 4.90 Å². The summed E-state index contributed by atoms with van der Waals surface area (Å²) >= 11 is 0. The molecule has 0 bridgehead atoms. The molecule has 0 saturated carbocycles. The van der Waals surface area contributed by atoms with Crippen LogP contribution in [0.2, 0.25) is 0 Å². The molecule has 0 unspecified atom stereocenters. The van der Waals surface area contributed by atoms with E-state index in [1.54, 1.807) is 19.1 Å². The molecule has 2 aromatic rings. The van der Waals surface area contributed by atoms with E-state index in [0.29, 0.717) is 12.1 Å². The van der Waals surface area contributed by atoms with Crippen molar-refractivity contribution < 1.29 is 9.31 Å². The Morgan fingerprint density at radius 3 is 2.80 bits per heavy atom. The van der Waals surface area contributed by atoms with Gasteiger partial charge in [-0.05, 0) is 43.2 Å². The number of benzene rings is 2. The van der Waals surface area contributed by atoms with E-state index in [1.165, 1.54) is 12.1 Å². The van der Waals surface area contributed by atoms with Crippen molar-refractivity contribution in [3.63, 3.8) is 0 Å². The van der Waals surface area contributed by atoms with Gasteiger partial charge in [-0.2, -0.15) is 0 Å². The third-order valence-electron chi connectivity index (χ3n) is 3.61. The molecule has 0 atom stereocenters. The molecule has 3 rings (SSSR count). The molecule has 2 aromatic carbocycles. The number of halogens is 1. The smallest absolute Gasteiger partial charge is 0.274 e. The van der Waals surface area contributed by atoms with E-state index in [4.69, 9.17) is 0 Å². The van der Waals surface area contributed by atoms with Gasteiger partial charge >= 0.3 is 0 Å². The molecule has 0 aliphatic carbocycles. The lowest BCUT2D eigenvalue weighted by Gasteiger charge is -2.19. The van der Waals surface area contributed by atoms with Crippen LogP contribution in [-0.2, 0) is 6.42 Å². The maximum Gasteiger partial charge on any atom is 0.274 e. The van der Waals surface area contributed by atoms with E-state index in [2.05, 4.69) is 0 Å². The van der Waals surface area contributed by atoms with Gasteiger partial charge in [-0.15, -0.1) is 0 Å². The lowest BCUT2D eigenvalue weighted by Crippen LogP contribution is -2.13. The lowest BCUT2D eigenvalue weighted by atomic mass is 10.1. The number of fused-ring (bicyclic) bond motifs is 1. The van der Waals surface area contributed by atoms with Crippen LogP contribution in [0.4, 0.5) is 21.5 Å². The minimum Gasteiger partial charge on any atom is -0.341 e. The van der Waals surface area contributed by atoms with Gasteiger partial charge in [-0.3, -0.25) is 10.1 Å². The minimum absolute atomic E-state index is 0.104. The summed E-state index contributed by atoms with van der Waals surface area (Å²) in [6.07, 6.45) is 0.810. The van der Waals surface area contributed by atoms with E-state index in [0.717, 1.165) is 23.4 Å². The van der Waals surface area contributed by atoms with Crippen LogP contribution in [0.15, 0.2) is 36.4 Å². The highest BCUT2D eigenvalue weighted by atomic mass is 19.1. The van der Waals surface area contributed by atoms with Crippen LogP contribution in [0.1, 0.15) is 11.1 Å². The van der Waals surface area contributed by atoms with E-state index in [9.17, 15) is 14.5 Å². The number of hydrogen-bond acceptors (Lipinski definition) is 3. The third kappa shape index (κ3) is 2.01. The zero-order valence-corrected chi connectivity index (χ0v) is 11.0. The largest absolute Gasteiger partial charge is 0.341 e. The summed E-state index contributed by atoms with van der Waals surface area (Å²) in [6, 6.07) is 9.73. The van der Waals surface area contributed by atoms with Gasteiger partial charge in [0, 0.05) is 23.9 Å². The van der Waals surface area contributed by atoms with Crippen molar-refractivity contribution in [2.45, 2.75) is 13.3 Å². The molecule has 1 aliphatic rings. The molecular weight excluding hydrogens is 259 g/mol. The summed E-state index contributed by atoms with van der Waals surface area (Å²) in [5.74, 6) is -0.308. The fraction of sp³-hybridized carbons (Fsp3) is 0.200. The Hall–Kier alpha value is -2.43. The summed E-state index contributed by atoms with van der Waals surface area (Å²) in [7, 11) is 0. The maximum atomic E-state index is 13.3. The average molecular weight is 272 g/mol. The topological polar surface area (TPSA) is 46.4 Å². The second-order valence-corrected chi connectivity index (χ2v) is 4.91. The van der Waals surface area contributed by atoms with Crippen molar-refractivity contribution in [2.75, 3.05) is 11.4 Å². The summed E-state index contributed by atoms with van der Waals surface area (Å²) in [4.78, 5) is 12.6. The van der Waals surface area contributed by atoms with Gasteiger partial charge in [0.05, 0.1) is 10.6 Å². The Kier molecular flexibility index (Phi) is 2.89. The van der Waals surface area contributed by atoms with E-state index < -0.39 is 0 Å². The second kappa shape index (κ2) is 4.59. The molecule has 0 fully saturated rings. The van der Waals surface area contributed by atoms with Gasteiger partial charge < -0.3 is 4.90 Å². The summed E-state index contributed by atoms with van der Waals surface area (Å²) in [5.41, 5.74) is 3.36. The molecule has 0 radical (unpaired) electrons. The summed E-state index contributed by atoms with van der Waals surface area (Å²) < 4.78 is 13.3. The molecular formula is C15H13FN2O2. The van der Waals surface area contributed by atoms with Crippen LogP contribution >= 0.6 is 0 Å². The van der Waals surface area contributed by atoms with Crippen molar-refractivity contribution in [3.05, 3.63) is 63.5 Å². The third-order valence-corrected chi connectivity index (χ3v) is 3.61. The predicted molar refractivity (Wildman–Crippen MR) is 74.9 cm³/mol. The number of nitro groups is 1. The van der Waals surface area contributed by atoms with Gasteiger partial charge in [-0.1, -0.05) is 6.07 Å². The summed E-state index contributed by atoms with van der Waals surface area (Å²) in [5, 5.41) is 11.0. The molecule has 0 spiro atoms. The molecule has 102 valence electrons. The number of nitro benzene ring substituents is 1. The first-order valence-electron chi connectivity index (χ1n) is 6.37. The molecule has 5 heteroatoms. The van der Waals surface area contributed by atoms with Crippen LogP contribution in [0.5, 0.6) is 0 Å². The van der Waals surface area contributed by atoms with Crippen molar-refractivity contribution in [3.8, 4) is 0 Å². The number of rotatable bonds is 2. The number of nitrogens with zero attached hydrogens (tertiary/aromatic N) is 2. The fourth-order valence-electron chi connectivity index (χ4n) is 2.66. The average Bonchev–Trinajstić information content (AvgIpc) is 2.80. The number of hydrogen-bond donors (Lipinski definition) is 0. The second-order valence-electron chi connectivity index (χ2n) is 4.91. The van der Waals surface area contributed by atoms with E-state index in [1.807, 2.05) is 17.0 Å². The molecule has 0 amide bonds. The van der Waals surface area contributed by atoms with Gasteiger partial charge in [0.1, 0.15) is 5.82 Å². The van der Waals surface area contributed by atoms with Crippen molar-refractivity contribution in [2.24, 2.45) is 0 Å². The standard InChI is InChI=1S/C15H13FN2O2/c1-10-7-11-5-6-17(13-4-2-3-12(16)8-13)15(11)9-14(10)18(19)20/h2-4,7-9H,5-6H2,1H3.